The second-order valence-corrected chi connectivity index (χ2v) is 5.36. The van der Waals surface area contributed by atoms with Crippen LogP contribution in [0.5, 0.6) is 5.75 Å². The predicted molar refractivity (Wildman–Crippen MR) is 68.8 cm³/mol. The summed E-state index contributed by atoms with van der Waals surface area (Å²) in [5.41, 5.74) is 0.654. The van der Waals surface area contributed by atoms with Gasteiger partial charge in [0.15, 0.2) is 11.5 Å². The summed E-state index contributed by atoms with van der Waals surface area (Å²) in [4.78, 5) is 12.4. The number of methoxy groups -OCH3 is 1. The fourth-order valence-corrected chi connectivity index (χ4v) is 3.30. The molecule has 2 heterocycles. The Bertz CT molecular complexity index is 397. The van der Waals surface area contributed by atoms with Crippen molar-refractivity contribution in [3.8, 4) is 5.75 Å². The van der Waals surface area contributed by atoms with Crippen LogP contribution < -0.4 is 4.74 Å². The fourth-order valence-electron chi connectivity index (χ4n) is 2.08. The molecule has 2 rings (SSSR count). The Morgan fingerprint density at radius 3 is 3.12 bits per heavy atom. The standard InChI is InChI=1S/C12H18N2O2S/c1-3-5-14-11(10(16-2)7-13-14)12(15)9-4-6-17-8-9/h7,9H,3-6,8H2,1-2H3. The molecule has 4 nitrogen and oxygen atoms in total. The van der Waals surface area contributed by atoms with E-state index in [0.29, 0.717) is 11.4 Å². The lowest BCUT2D eigenvalue weighted by atomic mass is 10.0. The van der Waals surface area contributed by atoms with E-state index in [1.54, 1.807) is 18.0 Å². The molecule has 1 atom stereocenters. The van der Waals surface area contributed by atoms with Crippen molar-refractivity contribution in [2.45, 2.75) is 26.3 Å². The number of ether oxygens (including phenoxy) is 1. The van der Waals surface area contributed by atoms with E-state index in [0.717, 1.165) is 30.9 Å². The number of hydrogen-bond acceptors (Lipinski definition) is 4. The van der Waals surface area contributed by atoms with Crippen LogP contribution in [-0.4, -0.2) is 34.2 Å². The van der Waals surface area contributed by atoms with Crippen molar-refractivity contribution >= 4 is 17.5 Å². The third-order valence-corrected chi connectivity index (χ3v) is 4.16. The Hall–Kier alpha value is -0.970. The zero-order chi connectivity index (χ0) is 12.3. The first-order valence-corrected chi connectivity index (χ1v) is 7.15. The lowest BCUT2D eigenvalue weighted by molar-refractivity contribution is 0.0919. The minimum absolute atomic E-state index is 0.140. The van der Waals surface area contributed by atoms with Gasteiger partial charge in [-0.25, -0.2) is 0 Å². The number of aromatic nitrogens is 2. The summed E-state index contributed by atoms with van der Waals surface area (Å²) >= 11 is 1.85. The number of rotatable bonds is 5. The Balaban J connectivity index is 2.27. The molecule has 17 heavy (non-hydrogen) atoms. The highest BCUT2D eigenvalue weighted by Crippen LogP contribution is 2.29. The van der Waals surface area contributed by atoms with Crippen molar-refractivity contribution < 1.29 is 9.53 Å². The summed E-state index contributed by atoms with van der Waals surface area (Å²) in [5.74, 6) is 2.96. The molecule has 0 aromatic carbocycles. The van der Waals surface area contributed by atoms with Gasteiger partial charge in [-0.3, -0.25) is 9.48 Å². The highest BCUT2D eigenvalue weighted by atomic mass is 32.2. The molecule has 0 N–H and O–H groups in total. The summed E-state index contributed by atoms with van der Waals surface area (Å²) in [7, 11) is 1.59. The van der Waals surface area contributed by atoms with Crippen molar-refractivity contribution in [3.63, 3.8) is 0 Å². The SMILES string of the molecule is CCCn1ncc(OC)c1C(=O)C1CCSC1. The first kappa shape index (κ1) is 12.5. The Kier molecular flexibility index (Phi) is 4.10. The molecule has 1 aromatic rings. The van der Waals surface area contributed by atoms with Crippen molar-refractivity contribution in [3.05, 3.63) is 11.9 Å². The van der Waals surface area contributed by atoms with Gasteiger partial charge in [-0.2, -0.15) is 16.9 Å². The van der Waals surface area contributed by atoms with E-state index < -0.39 is 0 Å². The van der Waals surface area contributed by atoms with Crippen LogP contribution in [0.3, 0.4) is 0 Å². The molecule has 0 bridgehead atoms. The molecule has 5 heteroatoms. The lowest BCUT2D eigenvalue weighted by Gasteiger charge is -2.11. The predicted octanol–water partition coefficient (Wildman–Crippen LogP) is 2.24. The van der Waals surface area contributed by atoms with Gasteiger partial charge in [0.1, 0.15) is 5.69 Å². The van der Waals surface area contributed by atoms with Crippen LogP contribution >= 0.6 is 11.8 Å². The number of carbonyl (C=O) groups excluding carboxylic acids is 1. The number of thioether (sulfide) groups is 1. The zero-order valence-corrected chi connectivity index (χ0v) is 11.1. The molecule has 0 spiro atoms. The number of aryl methyl sites for hydroxylation is 1. The summed E-state index contributed by atoms with van der Waals surface area (Å²) in [6, 6.07) is 0. The van der Waals surface area contributed by atoms with Gasteiger partial charge >= 0.3 is 0 Å². The van der Waals surface area contributed by atoms with Gasteiger partial charge < -0.3 is 4.74 Å². The van der Waals surface area contributed by atoms with Gasteiger partial charge in [-0.1, -0.05) is 6.92 Å². The van der Waals surface area contributed by atoms with E-state index in [4.69, 9.17) is 4.74 Å². The van der Waals surface area contributed by atoms with E-state index in [1.165, 1.54) is 0 Å². The average Bonchev–Trinajstić information content (AvgIpc) is 2.97. The fraction of sp³-hybridized carbons (Fsp3) is 0.667. The summed E-state index contributed by atoms with van der Waals surface area (Å²) in [6.07, 6.45) is 3.58. The normalized spacial score (nSPS) is 19.5. The highest BCUT2D eigenvalue weighted by molar-refractivity contribution is 7.99. The van der Waals surface area contributed by atoms with Gasteiger partial charge in [0.25, 0.3) is 0 Å². The third kappa shape index (κ3) is 2.49. The highest BCUT2D eigenvalue weighted by Gasteiger charge is 2.29. The molecule has 94 valence electrons. The molecule has 1 unspecified atom stereocenters. The molecular weight excluding hydrogens is 236 g/mol. The number of nitrogens with zero attached hydrogens (tertiary/aromatic N) is 2. The van der Waals surface area contributed by atoms with Crippen LogP contribution in [0.4, 0.5) is 0 Å². The number of hydrogen-bond donors (Lipinski definition) is 0. The first-order chi connectivity index (χ1) is 8.27. The van der Waals surface area contributed by atoms with Gasteiger partial charge in [-0.05, 0) is 18.6 Å². The Morgan fingerprint density at radius 2 is 2.53 bits per heavy atom. The average molecular weight is 254 g/mol. The maximum Gasteiger partial charge on any atom is 0.188 e. The van der Waals surface area contributed by atoms with E-state index in [2.05, 4.69) is 12.0 Å². The molecule has 0 radical (unpaired) electrons. The molecule has 1 fully saturated rings. The van der Waals surface area contributed by atoms with Gasteiger partial charge in [0.05, 0.1) is 13.3 Å². The van der Waals surface area contributed by atoms with Crippen LogP contribution in [-0.2, 0) is 6.54 Å². The molecule has 0 aliphatic carbocycles. The zero-order valence-electron chi connectivity index (χ0n) is 10.3. The Labute approximate surface area is 106 Å². The van der Waals surface area contributed by atoms with E-state index in [9.17, 15) is 4.79 Å². The van der Waals surface area contributed by atoms with Crippen LogP contribution in [0.15, 0.2) is 6.20 Å². The maximum atomic E-state index is 12.4. The van der Waals surface area contributed by atoms with Crippen molar-refractivity contribution in [2.75, 3.05) is 18.6 Å². The van der Waals surface area contributed by atoms with Crippen molar-refractivity contribution in [1.82, 2.24) is 9.78 Å². The lowest BCUT2D eigenvalue weighted by Crippen LogP contribution is -2.19. The minimum atomic E-state index is 0.140. The molecule has 1 aliphatic heterocycles. The molecule has 1 saturated heterocycles. The third-order valence-electron chi connectivity index (χ3n) is 3.00. The van der Waals surface area contributed by atoms with Crippen molar-refractivity contribution in [2.24, 2.45) is 5.92 Å². The van der Waals surface area contributed by atoms with E-state index in [-0.39, 0.29) is 11.7 Å². The minimum Gasteiger partial charge on any atom is -0.493 e. The molecular formula is C12H18N2O2S. The second-order valence-electron chi connectivity index (χ2n) is 4.21. The summed E-state index contributed by atoms with van der Waals surface area (Å²) in [5, 5.41) is 4.23. The summed E-state index contributed by atoms with van der Waals surface area (Å²) in [6.45, 7) is 2.85. The second kappa shape index (κ2) is 5.58. The number of carbonyl (C=O) groups is 1. The quantitative estimate of drug-likeness (QED) is 0.756. The monoisotopic (exact) mass is 254 g/mol. The number of Topliss-reactive ketones (excluding diaryl/α,β-unsaturated/α-hetero) is 1. The Morgan fingerprint density at radius 1 is 1.71 bits per heavy atom. The largest absolute Gasteiger partial charge is 0.493 e. The van der Waals surface area contributed by atoms with Gasteiger partial charge in [0, 0.05) is 18.2 Å². The van der Waals surface area contributed by atoms with Crippen molar-refractivity contribution in [1.29, 1.82) is 0 Å². The van der Waals surface area contributed by atoms with E-state index in [1.807, 2.05) is 11.8 Å². The topological polar surface area (TPSA) is 44.1 Å². The number of ketones is 1. The molecule has 0 amide bonds. The van der Waals surface area contributed by atoms with Crippen LogP contribution in [0.25, 0.3) is 0 Å². The molecule has 0 saturated carbocycles. The van der Waals surface area contributed by atoms with E-state index >= 15 is 0 Å². The van der Waals surface area contributed by atoms with Crippen LogP contribution in [0.1, 0.15) is 30.3 Å². The van der Waals surface area contributed by atoms with Gasteiger partial charge in [0.2, 0.25) is 0 Å². The molecule has 1 aliphatic rings. The maximum absolute atomic E-state index is 12.4. The van der Waals surface area contributed by atoms with Crippen LogP contribution in [0.2, 0.25) is 0 Å². The van der Waals surface area contributed by atoms with Gasteiger partial charge in [-0.15, -0.1) is 0 Å². The first-order valence-electron chi connectivity index (χ1n) is 5.99. The summed E-state index contributed by atoms with van der Waals surface area (Å²) < 4.78 is 7.02. The molecule has 1 aromatic heterocycles. The smallest absolute Gasteiger partial charge is 0.188 e. The van der Waals surface area contributed by atoms with Crippen LogP contribution in [0, 0.1) is 5.92 Å².